The zero-order chi connectivity index (χ0) is 11.1. The molecule has 90 valence electrons. The number of piperidine rings is 1. The fraction of sp³-hybridized carbons (Fsp3) is 1.00. The highest BCUT2D eigenvalue weighted by Crippen LogP contribution is 2.21. The van der Waals surface area contributed by atoms with E-state index in [1.807, 2.05) is 0 Å². The minimum absolute atomic E-state index is 0.171. The van der Waals surface area contributed by atoms with Gasteiger partial charge in [0, 0.05) is 0 Å². The van der Waals surface area contributed by atoms with Crippen molar-refractivity contribution >= 4 is 0 Å². The van der Waals surface area contributed by atoms with Crippen molar-refractivity contribution in [2.75, 3.05) is 26.2 Å². The summed E-state index contributed by atoms with van der Waals surface area (Å²) in [7, 11) is 0. The van der Waals surface area contributed by atoms with E-state index in [-0.39, 0.29) is 6.54 Å². The maximum atomic E-state index is 11.8. The average molecular weight is 220 g/mol. The molecule has 2 N–H and O–H groups in total. The second-order valence-electron chi connectivity index (χ2n) is 4.47. The summed E-state index contributed by atoms with van der Waals surface area (Å²) >= 11 is 0. The van der Waals surface area contributed by atoms with Gasteiger partial charge < -0.3 is 10.6 Å². The number of hydrogen-bond acceptors (Lipinski definition) is 2. The topological polar surface area (TPSA) is 24.1 Å². The first-order chi connectivity index (χ1) is 7.20. The number of halogens is 2. The van der Waals surface area contributed by atoms with E-state index < -0.39 is 6.43 Å². The molecule has 2 nitrogen and oxygen atoms in total. The summed E-state index contributed by atoms with van der Waals surface area (Å²) in [5, 5.41) is 6.17. The molecule has 0 radical (unpaired) electrons. The summed E-state index contributed by atoms with van der Waals surface area (Å²) in [6.07, 6.45) is 1.30. The third-order valence-corrected chi connectivity index (χ3v) is 3.21. The first-order valence-corrected chi connectivity index (χ1v) is 5.89. The summed E-state index contributed by atoms with van der Waals surface area (Å²) in [5.41, 5.74) is 0. The highest BCUT2D eigenvalue weighted by molar-refractivity contribution is 4.74. The molecule has 0 aliphatic carbocycles. The molecule has 15 heavy (non-hydrogen) atoms. The maximum Gasteiger partial charge on any atom is 0.250 e. The lowest BCUT2D eigenvalue weighted by Crippen LogP contribution is -2.34. The Morgan fingerprint density at radius 2 is 2.27 bits per heavy atom. The molecule has 1 fully saturated rings. The van der Waals surface area contributed by atoms with Crippen LogP contribution in [0.2, 0.25) is 0 Å². The second-order valence-corrected chi connectivity index (χ2v) is 4.47. The van der Waals surface area contributed by atoms with Gasteiger partial charge in [-0.2, -0.15) is 0 Å². The van der Waals surface area contributed by atoms with E-state index in [0.29, 0.717) is 12.5 Å². The van der Waals surface area contributed by atoms with E-state index in [1.165, 1.54) is 12.8 Å². The SMILES string of the molecule is CC(CCNCC(F)F)C1CCCNC1. The summed E-state index contributed by atoms with van der Waals surface area (Å²) < 4.78 is 23.7. The largest absolute Gasteiger partial charge is 0.316 e. The third kappa shape index (κ3) is 5.42. The Hall–Kier alpha value is -0.220. The van der Waals surface area contributed by atoms with Gasteiger partial charge in [0.25, 0.3) is 6.43 Å². The molecule has 2 atom stereocenters. The molecule has 1 aliphatic rings. The Balaban J connectivity index is 2.04. The lowest BCUT2D eigenvalue weighted by Gasteiger charge is -2.28. The van der Waals surface area contributed by atoms with E-state index in [4.69, 9.17) is 0 Å². The molecule has 1 heterocycles. The van der Waals surface area contributed by atoms with Gasteiger partial charge in [0.2, 0.25) is 0 Å². The average Bonchev–Trinajstić information content (AvgIpc) is 2.25. The summed E-state index contributed by atoms with van der Waals surface area (Å²) in [6.45, 7) is 4.99. The van der Waals surface area contributed by atoms with E-state index >= 15 is 0 Å². The van der Waals surface area contributed by atoms with Crippen LogP contribution in [0.25, 0.3) is 0 Å². The second kappa shape index (κ2) is 7.12. The van der Waals surface area contributed by atoms with E-state index in [9.17, 15) is 8.78 Å². The molecule has 2 unspecified atom stereocenters. The van der Waals surface area contributed by atoms with E-state index in [2.05, 4.69) is 17.6 Å². The van der Waals surface area contributed by atoms with Crippen LogP contribution >= 0.6 is 0 Å². The molecule has 0 aromatic heterocycles. The normalized spacial score (nSPS) is 24.4. The van der Waals surface area contributed by atoms with Crippen molar-refractivity contribution < 1.29 is 8.78 Å². The van der Waals surface area contributed by atoms with Gasteiger partial charge in [-0.3, -0.25) is 0 Å². The first kappa shape index (κ1) is 12.8. The van der Waals surface area contributed by atoms with Gasteiger partial charge in [-0.05, 0) is 50.7 Å². The molecule has 4 heteroatoms. The van der Waals surface area contributed by atoms with E-state index in [0.717, 1.165) is 25.4 Å². The summed E-state index contributed by atoms with van der Waals surface area (Å²) in [6, 6.07) is 0. The van der Waals surface area contributed by atoms with Crippen LogP contribution in [-0.4, -0.2) is 32.6 Å². The van der Waals surface area contributed by atoms with Crippen LogP contribution in [0, 0.1) is 11.8 Å². The van der Waals surface area contributed by atoms with Gasteiger partial charge in [0.15, 0.2) is 0 Å². The fourth-order valence-electron chi connectivity index (χ4n) is 2.14. The molecule has 0 spiro atoms. The third-order valence-electron chi connectivity index (χ3n) is 3.21. The molecule has 0 amide bonds. The molecule has 1 rings (SSSR count). The molecular formula is C11H22F2N2. The summed E-state index contributed by atoms with van der Waals surface area (Å²) in [5.74, 6) is 1.36. The van der Waals surface area contributed by atoms with Gasteiger partial charge in [-0.15, -0.1) is 0 Å². The summed E-state index contributed by atoms with van der Waals surface area (Å²) in [4.78, 5) is 0. The van der Waals surface area contributed by atoms with Crippen molar-refractivity contribution in [3.8, 4) is 0 Å². The van der Waals surface area contributed by atoms with Crippen molar-refractivity contribution in [1.29, 1.82) is 0 Å². The lowest BCUT2D eigenvalue weighted by atomic mass is 9.85. The van der Waals surface area contributed by atoms with Crippen molar-refractivity contribution in [3.05, 3.63) is 0 Å². The Kier molecular flexibility index (Phi) is 6.10. The van der Waals surface area contributed by atoms with Crippen LogP contribution in [-0.2, 0) is 0 Å². The van der Waals surface area contributed by atoms with Crippen LogP contribution < -0.4 is 10.6 Å². The minimum Gasteiger partial charge on any atom is -0.316 e. The van der Waals surface area contributed by atoms with Crippen molar-refractivity contribution in [3.63, 3.8) is 0 Å². The predicted octanol–water partition coefficient (Wildman–Crippen LogP) is 1.87. The van der Waals surface area contributed by atoms with Crippen LogP contribution in [0.5, 0.6) is 0 Å². The number of alkyl halides is 2. The smallest absolute Gasteiger partial charge is 0.250 e. The predicted molar refractivity (Wildman–Crippen MR) is 58.2 cm³/mol. The molecule has 1 saturated heterocycles. The number of nitrogens with one attached hydrogen (secondary N) is 2. The van der Waals surface area contributed by atoms with Crippen LogP contribution in [0.15, 0.2) is 0 Å². The Bertz CT molecular complexity index is 159. The first-order valence-electron chi connectivity index (χ1n) is 5.89. The van der Waals surface area contributed by atoms with E-state index in [1.54, 1.807) is 0 Å². The molecular weight excluding hydrogens is 198 g/mol. The molecule has 0 bridgehead atoms. The molecule has 0 aromatic rings. The van der Waals surface area contributed by atoms with Gasteiger partial charge in [-0.1, -0.05) is 6.92 Å². The van der Waals surface area contributed by atoms with Gasteiger partial charge in [0.05, 0.1) is 6.54 Å². The zero-order valence-electron chi connectivity index (χ0n) is 9.44. The van der Waals surface area contributed by atoms with Crippen LogP contribution in [0.3, 0.4) is 0 Å². The van der Waals surface area contributed by atoms with Crippen molar-refractivity contribution in [2.45, 2.75) is 32.6 Å². The zero-order valence-corrected chi connectivity index (χ0v) is 9.44. The Morgan fingerprint density at radius 3 is 2.87 bits per heavy atom. The van der Waals surface area contributed by atoms with Crippen LogP contribution in [0.1, 0.15) is 26.2 Å². The highest BCUT2D eigenvalue weighted by atomic mass is 19.3. The van der Waals surface area contributed by atoms with Gasteiger partial charge in [0.1, 0.15) is 0 Å². The lowest BCUT2D eigenvalue weighted by molar-refractivity contribution is 0.144. The fourth-order valence-corrected chi connectivity index (χ4v) is 2.14. The standard InChI is InChI=1S/C11H22F2N2/c1-9(4-6-15-8-11(12)13)10-3-2-5-14-7-10/h9-11,14-15H,2-8H2,1H3. The maximum absolute atomic E-state index is 11.8. The van der Waals surface area contributed by atoms with Crippen molar-refractivity contribution in [2.24, 2.45) is 11.8 Å². The highest BCUT2D eigenvalue weighted by Gasteiger charge is 2.19. The molecule has 0 saturated carbocycles. The number of hydrogen-bond donors (Lipinski definition) is 2. The monoisotopic (exact) mass is 220 g/mol. The molecule has 1 aliphatic heterocycles. The minimum atomic E-state index is -2.23. The van der Waals surface area contributed by atoms with Gasteiger partial charge in [-0.25, -0.2) is 8.78 Å². The number of rotatable bonds is 6. The van der Waals surface area contributed by atoms with Gasteiger partial charge >= 0.3 is 0 Å². The Morgan fingerprint density at radius 1 is 1.47 bits per heavy atom. The quantitative estimate of drug-likeness (QED) is 0.668. The molecule has 0 aromatic carbocycles. The van der Waals surface area contributed by atoms with Crippen molar-refractivity contribution in [1.82, 2.24) is 10.6 Å². The van der Waals surface area contributed by atoms with Crippen LogP contribution in [0.4, 0.5) is 8.78 Å². The Labute approximate surface area is 90.8 Å².